The van der Waals surface area contributed by atoms with E-state index in [0.29, 0.717) is 12.6 Å². The molecule has 2 aromatic rings. The molecule has 0 saturated heterocycles. The average molecular weight is 287 g/mol. The van der Waals surface area contributed by atoms with Crippen LogP contribution >= 0.6 is 0 Å². The lowest BCUT2D eigenvalue weighted by Crippen LogP contribution is -2.20. The SMILES string of the molecule is CCNC(CC)c1ccccc1OCc1cncn1CC. The number of hydrogen-bond donors (Lipinski definition) is 1. The van der Waals surface area contributed by atoms with Gasteiger partial charge in [0.25, 0.3) is 0 Å². The maximum atomic E-state index is 6.05. The number of aryl methyl sites for hydroxylation is 1. The minimum atomic E-state index is 0.335. The lowest BCUT2D eigenvalue weighted by Gasteiger charge is -2.20. The van der Waals surface area contributed by atoms with Crippen molar-refractivity contribution >= 4 is 0 Å². The quantitative estimate of drug-likeness (QED) is 0.807. The van der Waals surface area contributed by atoms with Crippen molar-refractivity contribution in [3.8, 4) is 5.75 Å². The van der Waals surface area contributed by atoms with Crippen molar-refractivity contribution < 1.29 is 4.74 Å². The molecule has 2 rings (SSSR count). The fourth-order valence-electron chi connectivity index (χ4n) is 2.53. The molecule has 1 aromatic heterocycles. The Morgan fingerprint density at radius 1 is 1.24 bits per heavy atom. The Morgan fingerprint density at radius 3 is 2.76 bits per heavy atom. The Kier molecular flexibility index (Phi) is 5.81. The van der Waals surface area contributed by atoms with Crippen LogP contribution in [0.5, 0.6) is 5.75 Å². The van der Waals surface area contributed by atoms with Crippen LogP contribution < -0.4 is 10.1 Å². The van der Waals surface area contributed by atoms with E-state index >= 15 is 0 Å². The summed E-state index contributed by atoms with van der Waals surface area (Å²) in [6.45, 7) is 8.85. The summed E-state index contributed by atoms with van der Waals surface area (Å²) < 4.78 is 8.15. The van der Waals surface area contributed by atoms with E-state index in [9.17, 15) is 0 Å². The molecule has 1 heterocycles. The summed E-state index contributed by atoms with van der Waals surface area (Å²) in [5.41, 5.74) is 2.33. The smallest absolute Gasteiger partial charge is 0.130 e. The zero-order valence-corrected chi connectivity index (χ0v) is 13.2. The van der Waals surface area contributed by atoms with Crippen molar-refractivity contribution in [1.29, 1.82) is 0 Å². The van der Waals surface area contributed by atoms with Gasteiger partial charge in [0, 0.05) is 18.2 Å². The molecule has 1 atom stereocenters. The molecule has 0 radical (unpaired) electrons. The zero-order valence-electron chi connectivity index (χ0n) is 13.2. The molecule has 1 aromatic carbocycles. The second-order valence-electron chi connectivity index (χ2n) is 5.02. The van der Waals surface area contributed by atoms with Crippen LogP contribution in [0.2, 0.25) is 0 Å². The van der Waals surface area contributed by atoms with Gasteiger partial charge < -0.3 is 14.6 Å². The molecule has 0 fully saturated rings. The summed E-state index contributed by atoms with van der Waals surface area (Å²) in [5, 5.41) is 3.51. The summed E-state index contributed by atoms with van der Waals surface area (Å²) in [6, 6.07) is 8.61. The van der Waals surface area contributed by atoms with Crippen LogP contribution in [0, 0.1) is 0 Å². The van der Waals surface area contributed by atoms with Gasteiger partial charge in [0.2, 0.25) is 0 Å². The number of nitrogens with one attached hydrogen (secondary N) is 1. The fraction of sp³-hybridized carbons (Fsp3) is 0.471. The van der Waals surface area contributed by atoms with Crippen molar-refractivity contribution in [2.24, 2.45) is 0 Å². The topological polar surface area (TPSA) is 39.1 Å². The molecule has 0 amide bonds. The molecule has 0 aliphatic carbocycles. The van der Waals surface area contributed by atoms with Gasteiger partial charge in [-0.3, -0.25) is 0 Å². The lowest BCUT2D eigenvalue weighted by molar-refractivity contribution is 0.288. The Morgan fingerprint density at radius 2 is 2.05 bits per heavy atom. The standard InChI is InChI=1S/C17H25N3O/c1-4-16(19-5-2)15-9-7-8-10-17(15)21-12-14-11-18-13-20(14)6-3/h7-11,13,16,19H,4-6,12H2,1-3H3. The Hall–Kier alpha value is -1.81. The van der Waals surface area contributed by atoms with E-state index in [1.807, 2.05) is 24.7 Å². The Labute approximate surface area is 127 Å². The van der Waals surface area contributed by atoms with Crippen molar-refractivity contribution in [2.75, 3.05) is 6.54 Å². The van der Waals surface area contributed by atoms with Gasteiger partial charge in [-0.05, 0) is 26.0 Å². The summed E-state index contributed by atoms with van der Waals surface area (Å²) in [7, 11) is 0. The number of aromatic nitrogens is 2. The normalized spacial score (nSPS) is 12.3. The van der Waals surface area contributed by atoms with E-state index in [1.54, 1.807) is 0 Å². The number of nitrogens with zero attached hydrogens (tertiary/aromatic N) is 2. The van der Waals surface area contributed by atoms with Crippen LogP contribution in [0.4, 0.5) is 0 Å². The number of para-hydroxylation sites is 1. The molecular formula is C17H25N3O. The van der Waals surface area contributed by atoms with E-state index in [1.165, 1.54) is 5.56 Å². The van der Waals surface area contributed by atoms with E-state index in [2.05, 4.69) is 47.8 Å². The van der Waals surface area contributed by atoms with Crippen molar-refractivity contribution in [2.45, 2.75) is 46.4 Å². The molecule has 1 N–H and O–H groups in total. The predicted octanol–water partition coefficient (Wildman–Crippen LogP) is 3.54. The van der Waals surface area contributed by atoms with E-state index in [0.717, 1.165) is 31.0 Å². The fourth-order valence-corrected chi connectivity index (χ4v) is 2.53. The monoisotopic (exact) mass is 287 g/mol. The van der Waals surface area contributed by atoms with E-state index in [-0.39, 0.29) is 0 Å². The molecule has 1 unspecified atom stereocenters. The van der Waals surface area contributed by atoms with Gasteiger partial charge >= 0.3 is 0 Å². The van der Waals surface area contributed by atoms with Gasteiger partial charge in [-0.1, -0.05) is 32.0 Å². The third-order valence-corrected chi connectivity index (χ3v) is 3.67. The summed E-state index contributed by atoms with van der Waals surface area (Å²) in [5.74, 6) is 0.953. The van der Waals surface area contributed by atoms with Crippen molar-refractivity contribution in [3.05, 3.63) is 48.0 Å². The highest BCUT2D eigenvalue weighted by Gasteiger charge is 2.13. The maximum Gasteiger partial charge on any atom is 0.130 e. The number of hydrogen-bond acceptors (Lipinski definition) is 3. The summed E-state index contributed by atoms with van der Waals surface area (Å²) in [6.07, 6.45) is 4.76. The highest BCUT2D eigenvalue weighted by molar-refractivity contribution is 5.36. The number of rotatable bonds is 8. The molecule has 0 bridgehead atoms. The third-order valence-electron chi connectivity index (χ3n) is 3.67. The minimum absolute atomic E-state index is 0.335. The van der Waals surface area contributed by atoms with Gasteiger partial charge in [0.1, 0.15) is 12.4 Å². The Balaban J connectivity index is 2.13. The second-order valence-corrected chi connectivity index (χ2v) is 5.02. The maximum absolute atomic E-state index is 6.05. The van der Waals surface area contributed by atoms with Gasteiger partial charge in [0.05, 0.1) is 18.2 Å². The summed E-state index contributed by atoms with van der Waals surface area (Å²) >= 11 is 0. The lowest BCUT2D eigenvalue weighted by atomic mass is 10.0. The zero-order chi connectivity index (χ0) is 15.1. The van der Waals surface area contributed by atoms with Crippen LogP contribution in [-0.2, 0) is 13.2 Å². The minimum Gasteiger partial charge on any atom is -0.487 e. The van der Waals surface area contributed by atoms with Crippen LogP contribution in [0.3, 0.4) is 0 Å². The third kappa shape index (κ3) is 3.85. The van der Waals surface area contributed by atoms with Crippen LogP contribution in [0.15, 0.2) is 36.8 Å². The van der Waals surface area contributed by atoms with Crippen LogP contribution in [0.1, 0.15) is 44.5 Å². The molecule has 0 saturated carbocycles. The van der Waals surface area contributed by atoms with Gasteiger partial charge in [-0.15, -0.1) is 0 Å². The first kappa shape index (κ1) is 15.6. The highest BCUT2D eigenvalue weighted by atomic mass is 16.5. The van der Waals surface area contributed by atoms with Crippen molar-refractivity contribution in [1.82, 2.24) is 14.9 Å². The largest absolute Gasteiger partial charge is 0.487 e. The molecule has 4 nitrogen and oxygen atoms in total. The predicted molar refractivity (Wildman–Crippen MR) is 85.4 cm³/mol. The average Bonchev–Trinajstić information content (AvgIpc) is 2.98. The molecule has 4 heteroatoms. The first-order valence-electron chi connectivity index (χ1n) is 7.74. The molecule has 114 valence electrons. The number of imidazole rings is 1. The number of ether oxygens (including phenoxy) is 1. The summed E-state index contributed by atoms with van der Waals surface area (Å²) in [4.78, 5) is 4.18. The molecular weight excluding hydrogens is 262 g/mol. The highest BCUT2D eigenvalue weighted by Crippen LogP contribution is 2.27. The Bertz CT molecular complexity index is 550. The first-order valence-corrected chi connectivity index (χ1v) is 7.74. The molecule has 0 aliphatic rings. The van der Waals surface area contributed by atoms with Gasteiger partial charge in [0.15, 0.2) is 0 Å². The van der Waals surface area contributed by atoms with Gasteiger partial charge in [-0.25, -0.2) is 4.98 Å². The number of benzene rings is 1. The molecule has 0 spiro atoms. The van der Waals surface area contributed by atoms with Crippen LogP contribution in [-0.4, -0.2) is 16.1 Å². The van der Waals surface area contributed by atoms with Gasteiger partial charge in [-0.2, -0.15) is 0 Å². The van der Waals surface area contributed by atoms with Crippen molar-refractivity contribution in [3.63, 3.8) is 0 Å². The second kappa shape index (κ2) is 7.84. The molecule has 21 heavy (non-hydrogen) atoms. The van der Waals surface area contributed by atoms with Crippen LogP contribution in [0.25, 0.3) is 0 Å². The van der Waals surface area contributed by atoms with E-state index < -0.39 is 0 Å². The van der Waals surface area contributed by atoms with E-state index in [4.69, 9.17) is 4.74 Å². The first-order chi connectivity index (χ1) is 10.3. The molecule has 0 aliphatic heterocycles.